The summed E-state index contributed by atoms with van der Waals surface area (Å²) in [6.07, 6.45) is -0.983. The molecule has 0 spiro atoms. The Morgan fingerprint density at radius 2 is 1.75 bits per heavy atom. The van der Waals surface area contributed by atoms with Crippen molar-refractivity contribution in [3.63, 3.8) is 0 Å². The molecule has 1 aliphatic rings. The van der Waals surface area contributed by atoms with Crippen molar-refractivity contribution in [1.82, 2.24) is 0 Å². The van der Waals surface area contributed by atoms with E-state index in [9.17, 15) is 13.2 Å². The smallest absolute Gasteiger partial charge is 0.247 e. The SMILES string of the molecule is CCC1C(C)C(F)C(C)C1(F)F. The lowest BCUT2D eigenvalue weighted by molar-refractivity contribution is -0.0806. The van der Waals surface area contributed by atoms with Gasteiger partial charge in [-0.25, -0.2) is 13.2 Å². The van der Waals surface area contributed by atoms with Crippen molar-refractivity contribution in [3.05, 3.63) is 0 Å². The average Bonchev–Trinajstić information content (AvgIpc) is 2.13. The average molecular weight is 180 g/mol. The van der Waals surface area contributed by atoms with Crippen LogP contribution in [0.2, 0.25) is 0 Å². The van der Waals surface area contributed by atoms with Gasteiger partial charge in [-0.05, 0) is 12.3 Å². The second-order valence-electron chi connectivity index (χ2n) is 3.78. The Hall–Kier alpha value is -0.210. The molecule has 1 rings (SSSR count). The van der Waals surface area contributed by atoms with E-state index in [1.54, 1.807) is 13.8 Å². The van der Waals surface area contributed by atoms with Crippen molar-refractivity contribution in [1.29, 1.82) is 0 Å². The highest BCUT2D eigenvalue weighted by Crippen LogP contribution is 2.50. The van der Waals surface area contributed by atoms with Crippen molar-refractivity contribution in [3.8, 4) is 0 Å². The summed E-state index contributed by atoms with van der Waals surface area (Å²) in [4.78, 5) is 0. The van der Waals surface area contributed by atoms with Gasteiger partial charge in [-0.3, -0.25) is 0 Å². The van der Waals surface area contributed by atoms with Crippen LogP contribution in [-0.4, -0.2) is 12.1 Å². The van der Waals surface area contributed by atoms with Crippen molar-refractivity contribution in [2.45, 2.75) is 39.3 Å². The zero-order valence-electron chi connectivity index (χ0n) is 7.65. The van der Waals surface area contributed by atoms with E-state index in [4.69, 9.17) is 0 Å². The van der Waals surface area contributed by atoms with E-state index < -0.39 is 29.8 Å². The van der Waals surface area contributed by atoms with Gasteiger partial charge < -0.3 is 0 Å². The van der Waals surface area contributed by atoms with Crippen molar-refractivity contribution >= 4 is 0 Å². The lowest BCUT2D eigenvalue weighted by Gasteiger charge is -2.21. The van der Waals surface area contributed by atoms with Crippen molar-refractivity contribution in [2.75, 3.05) is 0 Å². The van der Waals surface area contributed by atoms with E-state index in [1.807, 2.05) is 0 Å². The molecule has 4 unspecified atom stereocenters. The fraction of sp³-hybridized carbons (Fsp3) is 1.00. The summed E-state index contributed by atoms with van der Waals surface area (Å²) in [5.74, 6) is -5.20. The Kier molecular flexibility index (Phi) is 2.41. The van der Waals surface area contributed by atoms with Gasteiger partial charge in [-0.2, -0.15) is 0 Å². The second kappa shape index (κ2) is 2.93. The minimum atomic E-state index is -2.81. The molecule has 0 aromatic heterocycles. The van der Waals surface area contributed by atoms with Crippen LogP contribution in [-0.2, 0) is 0 Å². The lowest BCUT2D eigenvalue weighted by Crippen LogP contribution is -2.29. The normalized spacial score (nSPS) is 46.5. The molecule has 0 bridgehead atoms. The van der Waals surface area contributed by atoms with Gasteiger partial charge in [0, 0.05) is 5.92 Å². The molecule has 0 N–H and O–H groups in total. The van der Waals surface area contributed by atoms with E-state index in [-0.39, 0.29) is 0 Å². The zero-order valence-corrected chi connectivity index (χ0v) is 7.65. The van der Waals surface area contributed by atoms with Crippen LogP contribution in [0.25, 0.3) is 0 Å². The van der Waals surface area contributed by atoms with Gasteiger partial charge in [0.25, 0.3) is 5.92 Å². The van der Waals surface area contributed by atoms with Crippen LogP contribution in [0.3, 0.4) is 0 Å². The first-order valence-corrected chi connectivity index (χ1v) is 4.44. The minimum absolute atomic E-state index is 0.360. The van der Waals surface area contributed by atoms with Gasteiger partial charge in [0.05, 0.1) is 5.92 Å². The molecule has 12 heavy (non-hydrogen) atoms. The fourth-order valence-electron chi connectivity index (χ4n) is 2.22. The van der Waals surface area contributed by atoms with E-state index in [1.165, 1.54) is 6.92 Å². The molecule has 0 amide bonds. The van der Waals surface area contributed by atoms with E-state index in [0.29, 0.717) is 6.42 Å². The van der Waals surface area contributed by atoms with Gasteiger partial charge in [-0.1, -0.05) is 20.8 Å². The molecule has 1 aliphatic carbocycles. The molecule has 4 atom stereocenters. The summed E-state index contributed by atoms with van der Waals surface area (Å²) in [6, 6.07) is 0. The van der Waals surface area contributed by atoms with Gasteiger partial charge in [0.1, 0.15) is 6.17 Å². The predicted octanol–water partition coefficient (Wildman–Crippen LogP) is 3.27. The molecule has 0 saturated heterocycles. The van der Waals surface area contributed by atoms with E-state index >= 15 is 0 Å². The highest BCUT2D eigenvalue weighted by atomic mass is 19.3. The molecule has 1 fully saturated rings. The lowest BCUT2D eigenvalue weighted by atomic mass is 9.93. The number of hydrogen-bond acceptors (Lipinski definition) is 0. The molecule has 3 heteroatoms. The minimum Gasteiger partial charge on any atom is -0.247 e. The molecule has 0 radical (unpaired) electrons. The van der Waals surface area contributed by atoms with Crippen LogP contribution in [0, 0.1) is 17.8 Å². The first-order valence-electron chi connectivity index (χ1n) is 4.44. The maximum absolute atomic E-state index is 13.3. The summed E-state index contributed by atoms with van der Waals surface area (Å²) < 4.78 is 39.7. The number of alkyl halides is 3. The first kappa shape index (κ1) is 9.87. The van der Waals surface area contributed by atoms with Crippen LogP contribution in [0.1, 0.15) is 27.2 Å². The summed E-state index contributed by atoms with van der Waals surface area (Å²) in [7, 11) is 0. The van der Waals surface area contributed by atoms with E-state index in [0.717, 1.165) is 0 Å². The van der Waals surface area contributed by atoms with Gasteiger partial charge in [-0.15, -0.1) is 0 Å². The van der Waals surface area contributed by atoms with Crippen molar-refractivity contribution in [2.24, 2.45) is 17.8 Å². The third kappa shape index (κ3) is 1.14. The molecule has 0 aromatic rings. The van der Waals surface area contributed by atoms with Crippen LogP contribution >= 0.6 is 0 Å². The van der Waals surface area contributed by atoms with Gasteiger partial charge in [0.15, 0.2) is 0 Å². The standard InChI is InChI=1S/C9H15F3/c1-4-7-5(2)8(10)6(3)9(7,11)12/h5-8H,4H2,1-3H3. The third-order valence-corrected chi connectivity index (χ3v) is 3.16. The highest BCUT2D eigenvalue weighted by molar-refractivity contribution is 4.98. The van der Waals surface area contributed by atoms with Crippen LogP contribution in [0.5, 0.6) is 0 Å². The van der Waals surface area contributed by atoms with Gasteiger partial charge >= 0.3 is 0 Å². The molecular formula is C9H15F3. The zero-order chi connectivity index (χ0) is 9.52. The van der Waals surface area contributed by atoms with Crippen LogP contribution in [0.4, 0.5) is 13.2 Å². The highest BCUT2D eigenvalue weighted by Gasteiger charge is 2.58. The number of hydrogen-bond donors (Lipinski definition) is 0. The molecule has 0 aromatic carbocycles. The monoisotopic (exact) mass is 180 g/mol. The summed E-state index contributed by atoms with van der Waals surface area (Å²) in [5, 5.41) is 0. The summed E-state index contributed by atoms with van der Waals surface area (Å²) >= 11 is 0. The molecule has 72 valence electrons. The Morgan fingerprint density at radius 3 is 1.92 bits per heavy atom. The van der Waals surface area contributed by atoms with Gasteiger partial charge in [0.2, 0.25) is 0 Å². The number of halogens is 3. The van der Waals surface area contributed by atoms with Crippen molar-refractivity contribution < 1.29 is 13.2 Å². The topological polar surface area (TPSA) is 0 Å². The molecule has 1 saturated carbocycles. The maximum Gasteiger partial charge on any atom is 0.256 e. The molecule has 0 nitrogen and oxygen atoms in total. The summed E-state index contributed by atoms with van der Waals surface area (Å²) in [5.41, 5.74) is 0. The second-order valence-corrected chi connectivity index (χ2v) is 3.78. The summed E-state index contributed by atoms with van der Waals surface area (Å²) in [6.45, 7) is 4.58. The Labute approximate surface area is 71.1 Å². The Balaban J connectivity index is 2.88. The predicted molar refractivity (Wildman–Crippen MR) is 42.0 cm³/mol. The molecule has 0 aliphatic heterocycles. The Bertz CT molecular complexity index is 167. The molecule has 0 heterocycles. The fourth-order valence-corrected chi connectivity index (χ4v) is 2.22. The van der Waals surface area contributed by atoms with E-state index in [2.05, 4.69) is 0 Å². The van der Waals surface area contributed by atoms with Crippen LogP contribution < -0.4 is 0 Å². The maximum atomic E-state index is 13.3. The quantitative estimate of drug-likeness (QED) is 0.581. The first-order chi connectivity index (χ1) is 5.42. The third-order valence-electron chi connectivity index (χ3n) is 3.16. The largest absolute Gasteiger partial charge is 0.256 e. The Morgan fingerprint density at radius 1 is 1.25 bits per heavy atom. The number of rotatable bonds is 1. The van der Waals surface area contributed by atoms with Crippen LogP contribution in [0.15, 0.2) is 0 Å². The molecular weight excluding hydrogens is 165 g/mol.